The van der Waals surface area contributed by atoms with Gasteiger partial charge >= 0.3 is 12.1 Å². The van der Waals surface area contributed by atoms with Crippen molar-refractivity contribution in [2.45, 2.75) is 26.4 Å². The average molecular weight is 311 g/mol. The first kappa shape index (κ1) is 17.5. The van der Waals surface area contributed by atoms with Gasteiger partial charge in [0.05, 0.1) is 7.11 Å². The first-order valence-corrected chi connectivity index (χ1v) is 6.41. The molecule has 7 heteroatoms. The van der Waals surface area contributed by atoms with Crippen LogP contribution in [0.15, 0.2) is 23.9 Å². The van der Waals surface area contributed by atoms with Crippen LogP contribution >= 0.6 is 0 Å². The van der Waals surface area contributed by atoms with E-state index in [0.29, 0.717) is 5.75 Å². The van der Waals surface area contributed by atoms with Gasteiger partial charge in [-0.25, -0.2) is 14.0 Å². The lowest BCUT2D eigenvalue weighted by Crippen LogP contribution is -2.34. The third-order valence-electron chi connectivity index (χ3n) is 2.37. The summed E-state index contributed by atoms with van der Waals surface area (Å²) in [7, 11) is 1.40. The SMILES string of the molecule is COc1ccc(F)c(/C=C(\NC(=O)OC(C)(C)C)C(=O)O)c1. The Morgan fingerprint density at radius 2 is 1.95 bits per heavy atom. The summed E-state index contributed by atoms with van der Waals surface area (Å²) in [5.41, 5.74) is -1.33. The van der Waals surface area contributed by atoms with Crippen LogP contribution in [-0.2, 0) is 9.53 Å². The minimum Gasteiger partial charge on any atom is -0.497 e. The fourth-order valence-electron chi connectivity index (χ4n) is 1.48. The number of alkyl carbamates (subject to hydrolysis) is 1. The molecular formula is C15H18FNO5. The van der Waals surface area contributed by atoms with Gasteiger partial charge in [0.1, 0.15) is 22.9 Å². The molecule has 0 aliphatic heterocycles. The highest BCUT2D eigenvalue weighted by molar-refractivity contribution is 5.95. The lowest BCUT2D eigenvalue weighted by molar-refractivity contribution is -0.133. The second kappa shape index (κ2) is 6.93. The zero-order valence-electron chi connectivity index (χ0n) is 12.8. The second-order valence-electron chi connectivity index (χ2n) is 5.38. The Morgan fingerprint density at radius 1 is 1.32 bits per heavy atom. The monoisotopic (exact) mass is 311 g/mol. The normalized spacial score (nSPS) is 11.8. The maximum absolute atomic E-state index is 13.7. The molecule has 1 aromatic carbocycles. The average Bonchev–Trinajstić information content (AvgIpc) is 2.38. The minimum atomic E-state index is -1.42. The Morgan fingerprint density at radius 3 is 2.45 bits per heavy atom. The van der Waals surface area contributed by atoms with E-state index < -0.39 is 29.2 Å². The van der Waals surface area contributed by atoms with Crippen LogP contribution in [0.1, 0.15) is 26.3 Å². The predicted octanol–water partition coefficient (Wildman–Crippen LogP) is 2.78. The number of hydrogen-bond acceptors (Lipinski definition) is 4. The fraction of sp³-hybridized carbons (Fsp3) is 0.333. The fourth-order valence-corrected chi connectivity index (χ4v) is 1.48. The molecule has 1 amide bonds. The van der Waals surface area contributed by atoms with Gasteiger partial charge in [0.15, 0.2) is 0 Å². The van der Waals surface area contributed by atoms with Crippen molar-refractivity contribution < 1.29 is 28.6 Å². The van der Waals surface area contributed by atoms with E-state index >= 15 is 0 Å². The maximum Gasteiger partial charge on any atom is 0.412 e. The summed E-state index contributed by atoms with van der Waals surface area (Å²) in [5.74, 6) is -1.71. The topological polar surface area (TPSA) is 84.9 Å². The summed E-state index contributed by atoms with van der Waals surface area (Å²) in [6.07, 6.45) is 0.0499. The Labute approximate surface area is 127 Å². The third-order valence-corrected chi connectivity index (χ3v) is 2.37. The van der Waals surface area contributed by atoms with E-state index in [1.807, 2.05) is 0 Å². The first-order chi connectivity index (χ1) is 10.1. The van der Waals surface area contributed by atoms with Gasteiger partial charge in [0.25, 0.3) is 0 Å². The predicted molar refractivity (Wildman–Crippen MR) is 77.9 cm³/mol. The van der Waals surface area contributed by atoms with Crippen molar-refractivity contribution in [1.82, 2.24) is 5.32 Å². The van der Waals surface area contributed by atoms with Crippen LogP contribution in [0, 0.1) is 5.82 Å². The number of carbonyl (C=O) groups excluding carboxylic acids is 1. The summed E-state index contributed by atoms with van der Waals surface area (Å²) in [6, 6.07) is 3.85. The quantitative estimate of drug-likeness (QED) is 0.835. The molecule has 0 fully saturated rings. The second-order valence-corrected chi connectivity index (χ2v) is 5.38. The van der Waals surface area contributed by atoms with Crippen LogP contribution in [0.25, 0.3) is 6.08 Å². The van der Waals surface area contributed by atoms with Crippen molar-refractivity contribution in [2.24, 2.45) is 0 Å². The maximum atomic E-state index is 13.7. The molecule has 6 nitrogen and oxygen atoms in total. The number of rotatable bonds is 4. The summed E-state index contributed by atoms with van der Waals surface area (Å²) in [4.78, 5) is 22.8. The molecule has 0 atom stereocenters. The van der Waals surface area contributed by atoms with Gasteiger partial charge < -0.3 is 14.6 Å². The molecule has 0 bridgehead atoms. The highest BCUT2D eigenvalue weighted by atomic mass is 19.1. The Kier molecular flexibility index (Phi) is 5.50. The van der Waals surface area contributed by atoms with Crippen LogP contribution in [0.2, 0.25) is 0 Å². The molecule has 0 aromatic heterocycles. The largest absolute Gasteiger partial charge is 0.497 e. The van der Waals surface area contributed by atoms with Crippen LogP contribution < -0.4 is 10.1 Å². The van der Waals surface area contributed by atoms with E-state index in [-0.39, 0.29) is 5.56 Å². The van der Waals surface area contributed by atoms with Crippen molar-refractivity contribution in [2.75, 3.05) is 7.11 Å². The van der Waals surface area contributed by atoms with Gasteiger partial charge in [-0.05, 0) is 45.0 Å². The van der Waals surface area contributed by atoms with Gasteiger partial charge in [-0.15, -0.1) is 0 Å². The van der Waals surface area contributed by atoms with Crippen molar-refractivity contribution in [3.63, 3.8) is 0 Å². The molecule has 2 N–H and O–H groups in total. The molecule has 0 saturated heterocycles. The zero-order chi connectivity index (χ0) is 16.9. The van der Waals surface area contributed by atoms with Gasteiger partial charge in [0.2, 0.25) is 0 Å². The molecule has 22 heavy (non-hydrogen) atoms. The van der Waals surface area contributed by atoms with E-state index in [1.54, 1.807) is 20.8 Å². The molecule has 0 unspecified atom stereocenters. The standard InChI is InChI=1S/C15H18FNO5/c1-15(2,3)22-14(20)17-12(13(18)19)8-9-7-10(21-4)5-6-11(9)16/h5-8H,1-4H3,(H,17,20)(H,18,19)/b12-8-. The molecule has 0 aliphatic rings. The molecule has 0 saturated carbocycles. The van der Waals surface area contributed by atoms with E-state index in [4.69, 9.17) is 14.6 Å². The molecule has 0 aliphatic carbocycles. The van der Waals surface area contributed by atoms with Crippen LogP contribution in [0.4, 0.5) is 9.18 Å². The van der Waals surface area contributed by atoms with Crippen molar-refractivity contribution in [3.05, 3.63) is 35.3 Å². The van der Waals surface area contributed by atoms with Crippen LogP contribution in [-0.4, -0.2) is 29.9 Å². The van der Waals surface area contributed by atoms with E-state index in [1.165, 1.54) is 19.2 Å². The van der Waals surface area contributed by atoms with E-state index in [9.17, 15) is 14.0 Å². The molecule has 120 valence electrons. The number of methoxy groups -OCH3 is 1. The number of carbonyl (C=O) groups is 2. The van der Waals surface area contributed by atoms with Gasteiger partial charge in [-0.1, -0.05) is 0 Å². The smallest absolute Gasteiger partial charge is 0.412 e. The lowest BCUT2D eigenvalue weighted by Gasteiger charge is -2.19. The molecule has 0 spiro atoms. The van der Waals surface area contributed by atoms with Crippen molar-refractivity contribution in [3.8, 4) is 5.75 Å². The number of carboxylic acid groups (broad SMARTS) is 1. The summed E-state index contributed by atoms with van der Waals surface area (Å²) < 4.78 is 23.6. The minimum absolute atomic E-state index is 0.0344. The zero-order valence-corrected chi connectivity index (χ0v) is 12.8. The van der Waals surface area contributed by atoms with Crippen LogP contribution in [0.3, 0.4) is 0 Å². The molecule has 0 heterocycles. The molecular weight excluding hydrogens is 293 g/mol. The number of ether oxygens (including phenoxy) is 2. The van der Waals surface area contributed by atoms with Crippen molar-refractivity contribution in [1.29, 1.82) is 0 Å². The molecule has 1 rings (SSSR count). The molecule has 1 aromatic rings. The number of benzene rings is 1. The Bertz CT molecular complexity index is 604. The third kappa shape index (κ3) is 5.43. The van der Waals surface area contributed by atoms with E-state index in [0.717, 1.165) is 12.1 Å². The summed E-state index contributed by atoms with van der Waals surface area (Å²) in [6.45, 7) is 4.91. The highest BCUT2D eigenvalue weighted by Crippen LogP contribution is 2.19. The number of carboxylic acids is 1. The molecule has 0 radical (unpaired) electrons. The summed E-state index contributed by atoms with van der Waals surface area (Å²) in [5, 5.41) is 11.2. The lowest BCUT2D eigenvalue weighted by atomic mass is 10.1. The number of nitrogens with one attached hydrogen (secondary N) is 1. The summed E-state index contributed by atoms with van der Waals surface area (Å²) >= 11 is 0. The number of aliphatic carboxylic acids is 1. The Balaban J connectivity index is 3.05. The van der Waals surface area contributed by atoms with Crippen LogP contribution in [0.5, 0.6) is 5.75 Å². The highest BCUT2D eigenvalue weighted by Gasteiger charge is 2.19. The van der Waals surface area contributed by atoms with Gasteiger partial charge in [-0.3, -0.25) is 5.32 Å². The van der Waals surface area contributed by atoms with Gasteiger partial charge in [0, 0.05) is 5.56 Å². The Hall–Kier alpha value is -2.57. The number of hydrogen-bond donors (Lipinski definition) is 2. The number of halogens is 1. The van der Waals surface area contributed by atoms with Crippen molar-refractivity contribution >= 4 is 18.1 Å². The van der Waals surface area contributed by atoms with E-state index in [2.05, 4.69) is 5.32 Å². The first-order valence-electron chi connectivity index (χ1n) is 6.41. The van der Waals surface area contributed by atoms with Gasteiger partial charge in [-0.2, -0.15) is 0 Å². The number of amides is 1.